The number of halogens is 4. The zero-order chi connectivity index (χ0) is 33.3. The molecule has 3 aromatic rings. The molecule has 0 aliphatic carbocycles. The molecule has 0 saturated carbocycles. The van der Waals surface area contributed by atoms with Crippen molar-refractivity contribution < 1.29 is 37.3 Å². The van der Waals surface area contributed by atoms with Crippen molar-refractivity contribution in [3.05, 3.63) is 35.6 Å². The molecule has 0 aromatic carbocycles. The molecule has 1 aliphatic heterocycles. The summed E-state index contributed by atoms with van der Waals surface area (Å²) in [6, 6.07) is -0.394. The van der Waals surface area contributed by atoms with Gasteiger partial charge in [0.1, 0.15) is 12.1 Å². The lowest BCUT2D eigenvalue weighted by atomic mass is 10.00. The molecule has 12 nitrogen and oxygen atoms in total. The van der Waals surface area contributed by atoms with Crippen molar-refractivity contribution in [2.75, 3.05) is 26.9 Å². The van der Waals surface area contributed by atoms with E-state index in [1.165, 1.54) is 29.0 Å². The van der Waals surface area contributed by atoms with Gasteiger partial charge in [-0.25, -0.2) is 19.3 Å². The molecule has 4 atom stereocenters. The zero-order valence-electron chi connectivity index (χ0n) is 26.2. The number of urea groups is 1. The molecule has 2 N–H and O–H groups in total. The van der Waals surface area contributed by atoms with Crippen LogP contribution in [0, 0.1) is 0 Å². The summed E-state index contributed by atoms with van der Waals surface area (Å²) in [7, 11) is 1.49. The van der Waals surface area contributed by atoms with Crippen molar-refractivity contribution in [2.24, 2.45) is 0 Å². The van der Waals surface area contributed by atoms with E-state index >= 15 is 0 Å². The van der Waals surface area contributed by atoms with Gasteiger partial charge in [0.2, 0.25) is 0 Å². The quantitative estimate of drug-likeness (QED) is 0.194. The maximum atomic E-state index is 13.8. The van der Waals surface area contributed by atoms with Crippen LogP contribution < -0.4 is 10.1 Å². The molecule has 46 heavy (non-hydrogen) atoms. The Kier molecular flexibility index (Phi) is 12.8. The van der Waals surface area contributed by atoms with E-state index in [9.17, 15) is 23.1 Å². The Hall–Kier alpha value is -3.27. The first-order chi connectivity index (χ1) is 22.0. The first-order valence-electron chi connectivity index (χ1n) is 15.5. The molecule has 0 bridgehead atoms. The van der Waals surface area contributed by atoms with Crippen LogP contribution in [0.5, 0.6) is 5.75 Å². The van der Waals surface area contributed by atoms with E-state index in [1.807, 2.05) is 0 Å². The number of aromatic nitrogens is 5. The topological polar surface area (TPSA) is 136 Å². The molecule has 0 spiro atoms. The van der Waals surface area contributed by atoms with Crippen LogP contribution in [0.25, 0.3) is 16.9 Å². The zero-order valence-corrected chi connectivity index (χ0v) is 26.9. The fourth-order valence-electron chi connectivity index (χ4n) is 5.50. The van der Waals surface area contributed by atoms with Crippen LogP contribution in [0.1, 0.15) is 76.9 Å². The summed E-state index contributed by atoms with van der Waals surface area (Å²) >= 11 is 6.34. The molecule has 254 valence electrons. The molecular formula is C30H41ClF3N7O5. The number of aliphatic hydroxyl groups excluding tert-OH is 1. The second-order valence-electron chi connectivity index (χ2n) is 11.1. The Morgan fingerprint density at radius 1 is 1.28 bits per heavy atom. The average Bonchev–Trinajstić information content (AvgIpc) is 3.51. The van der Waals surface area contributed by atoms with Crippen molar-refractivity contribution in [2.45, 2.75) is 95.9 Å². The maximum Gasteiger partial charge on any atom is 0.391 e. The highest BCUT2D eigenvalue weighted by molar-refractivity contribution is 6.32. The number of amides is 2. The number of aliphatic hydroxyl groups is 1. The molecule has 3 unspecified atom stereocenters. The van der Waals surface area contributed by atoms with Gasteiger partial charge in [0.05, 0.1) is 55.5 Å². The van der Waals surface area contributed by atoms with Gasteiger partial charge in [-0.15, -0.1) is 0 Å². The van der Waals surface area contributed by atoms with Gasteiger partial charge in [-0.1, -0.05) is 24.4 Å². The Morgan fingerprint density at radius 2 is 2.09 bits per heavy atom. The fraction of sp³-hybridized carbons (Fsp3) is 0.633. The SMILES string of the molecule is CCN(C(=O)NC(CCCCCO)C(CC(F)(F)F)OC1CCCCO1)[C@H](C)c1cc(-c2cn3ncnc3c(Cl)n2)c(OC)cn1. The van der Waals surface area contributed by atoms with Crippen molar-refractivity contribution in [3.8, 4) is 17.0 Å². The second kappa shape index (κ2) is 16.5. The van der Waals surface area contributed by atoms with Gasteiger partial charge in [-0.05, 0) is 52.0 Å². The number of unbranched alkanes of at least 4 members (excludes halogenated alkanes) is 2. The third kappa shape index (κ3) is 9.39. The maximum absolute atomic E-state index is 13.8. The highest BCUT2D eigenvalue weighted by Crippen LogP contribution is 2.33. The minimum Gasteiger partial charge on any atom is -0.494 e. The third-order valence-electron chi connectivity index (χ3n) is 7.93. The van der Waals surface area contributed by atoms with Crippen LogP contribution in [-0.2, 0) is 9.47 Å². The number of ether oxygens (including phenoxy) is 3. The molecule has 3 aromatic heterocycles. The van der Waals surface area contributed by atoms with Crippen molar-refractivity contribution >= 4 is 23.3 Å². The van der Waals surface area contributed by atoms with E-state index in [4.69, 9.17) is 25.8 Å². The molecule has 4 rings (SSSR count). The number of fused-ring (bicyclic) bond motifs is 1. The fourth-order valence-corrected chi connectivity index (χ4v) is 5.72. The minimum atomic E-state index is -4.53. The molecule has 2 amide bonds. The molecule has 1 fully saturated rings. The van der Waals surface area contributed by atoms with E-state index in [0.717, 1.165) is 12.8 Å². The summed E-state index contributed by atoms with van der Waals surface area (Å²) < 4.78 is 59.9. The molecular weight excluding hydrogens is 631 g/mol. The predicted octanol–water partition coefficient (Wildman–Crippen LogP) is 5.73. The number of rotatable bonds is 15. The Balaban J connectivity index is 1.59. The molecule has 1 saturated heterocycles. The highest BCUT2D eigenvalue weighted by Gasteiger charge is 2.39. The standard InChI is InChI=1S/C30H41ClF3N7O5/c1-4-40(19(2)22-14-20(25(44-3)16-35-22)23-17-41-28(27(31)38-23)36-18-37-41)29(43)39-21(10-6-5-8-12-42)24(15-30(32,33)34)46-26-11-7-9-13-45-26/h14,16-19,21,24,26,42H,4-13,15H2,1-3H3,(H,39,43)/t19-,21?,24?,26?/m1/s1. The summed E-state index contributed by atoms with van der Waals surface area (Å²) in [5.41, 5.74) is 1.85. The Morgan fingerprint density at radius 3 is 2.76 bits per heavy atom. The average molecular weight is 672 g/mol. The number of carbonyl (C=O) groups excluding carboxylic acids is 1. The van der Waals surface area contributed by atoms with Gasteiger partial charge in [-0.2, -0.15) is 18.3 Å². The van der Waals surface area contributed by atoms with Gasteiger partial charge in [0.15, 0.2) is 17.1 Å². The summed E-state index contributed by atoms with van der Waals surface area (Å²) in [6.45, 7) is 4.17. The number of alkyl halides is 3. The third-order valence-corrected chi connectivity index (χ3v) is 8.18. The number of hydrogen-bond acceptors (Lipinski definition) is 9. The van der Waals surface area contributed by atoms with Gasteiger partial charge in [0.25, 0.3) is 0 Å². The number of nitrogens with zero attached hydrogens (tertiary/aromatic N) is 6. The van der Waals surface area contributed by atoms with Crippen molar-refractivity contribution in [3.63, 3.8) is 0 Å². The Labute approximate surface area is 270 Å². The van der Waals surface area contributed by atoms with Crippen LogP contribution in [0.2, 0.25) is 5.15 Å². The lowest BCUT2D eigenvalue weighted by Crippen LogP contribution is -2.52. The Bertz CT molecular complexity index is 1420. The first-order valence-corrected chi connectivity index (χ1v) is 15.8. The number of carbonyl (C=O) groups is 1. The molecule has 16 heteroatoms. The van der Waals surface area contributed by atoms with E-state index in [-0.39, 0.29) is 24.7 Å². The molecule has 4 heterocycles. The number of pyridine rings is 1. The van der Waals surface area contributed by atoms with E-state index < -0.39 is 43.1 Å². The first kappa shape index (κ1) is 35.6. The summed E-state index contributed by atoms with van der Waals surface area (Å²) in [6.07, 6.45) is 0.491. The normalized spacial score (nSPS) is 17.4. The van der Waals surface area contributed by atoms with Gasteiger partial charge in [-0.3, -0.25) is 4.98 Å². The van der Waals surface area contributed by atoms with Gasteiger partial charge in [0, 0.05) is 25.3 Å². The van der Waals surface area contributed by atoms with Crippen LogP contribution in [0.4, 0.5) is 18.0 Å². The molecule has 1 aliphatic rings. The monoisotopic (exact) mass is 671 g/mol. The number of hydrogen-bond donors (Lipinski definition) is 2. The smallest absolute Gasteiger partial charge is 0.391 e. The van der Waals surface area contributed by atoms with Crippen molar-refractivity contribution in [1.29, 1.82) is 0 Å². The molecule has 0 radical (unpaired) electrons. The number of nitrogens with one attached hydrogen (secondary N) is 1. The lowest BCUT2D eigenvalue weighted by Gasteiger charge is -2.36. The predicted molar refractivity (Wildman–Crippen MR) is 163 cm³/mol. The van der Waals surface area contributed by atoms with Gasteiger partial charge < -0.3 is 29.5 Å². The highest BCUT2D eigenvalue weighted by atomic mass is 35.5. The van der Waals surface area contributed by atoms with Gasteiger partial charge >= 0.3 is 12.2 Å². The lowest BCUT2D eigenvalue weighted by molar-refractivity contribution is -0.225. The van der Waals surface area contributed by atoms with Crippen LogP contribution in [0.3, 0.4) is 0 Å². The summed E-state index contributed by atoms with van der Waals surface area (Å²) in [4.78, 5) is 28.3. The minimum absolute atomic E-state index is 0.0260. The largest absolute Gasteiger partial charge is 0.494 e. The second-order valence-corrected chi connectivity index (χ2v) is 11.5. The van der Waals surface area contributed by atoms with Crippen LogP contribution in [0.15, 0.2) is 24.8 Å². The van der Waals surface area contributed by atoms with Crippen LogP contribution >= 0.6 is 11.6 Å². The van der Waals surface area contributed by atoms with E-state index in [2.05, 4.69) is 25.4 Å². The van der Waals surface area contributed by atoms with E-state index in [1.54, 1.807) is 26.1 Å². The number of methoxy groups -OCH3 is 1. The van der Waals surface area contributed by atoms with E-state index in [0.29, 0.717) is 60.6 Å². The van der Waals surface area contributed by atoms with Crippen molar-refractivity contribution in [1.82, 2.24) is 34.8 Å². The summed E-state index contributed by atoms with van der Waals surface area (Å²) in [5, 5.41) is 16.3. The summed E-state index contributed by atoms with van der Waals surface area (Å²) in [5.74, 6) is 0.409. The van der Waals surface area contributed by atoms with Crippen LogP contribution in [-0.4, -0.2) is 92.1 Å².